The molecular weight excluding hydrogens is 302 g/mol. The molecule has 0 aliphatic heterocycles. The van der Waals surface area contributed by atoms with E-state index in [-0.39, 0.29) is 17.2 Å². The van der Waals surface area contributed by atoms with E-state index in [1.54, 1.807) is 11.8 Å². The Bertz CT molecular complexity index is 609. The second-order valence-electron chi connectivity index (χ2n) is 5.82. The maximum Gasteiger partial charge on any atom is 0.233 e. The fourth-order valence-corrected chi connectivity index (χ4v) is 3.23. The van der Waals surface area contributed by atoms with Crippen LogP contribution in [0.3, 0.4) is 0 Å². The first-order valence-corrected chi connectivity index (χ1v) is 9.17. The smallest absolute Gasteiger partial charge is 0.233 e. The van der Waals surface area contributed by atoms with E-state index in [9.17, 15) is 4.79 Å². The Morgan fingerprint density at radius 1 is 1.09 bits per heavy atom. The molecular formula is C20H25NOS. The van der Waals surface area contributed by atoms with E-state index >= 15 is 0 Å². The predicted molar refractivity (Wildman–Crippen MR) is 99.6 cm³/mol. The third-order valence-electron chi connectivity index (χ3n) is 3.92. The highest BCUT2D eigenvalue weighted by Gasteiger charge is 2.18. The van der Waals surface area contributed by atoms with E-state index in [2.05, 4.69) is 55.6 Å². The average Bonchev–Trinajstić information content (AvgIpc) is 2.59. The molecule has 0 fully saturated rings. The highest BCUT2D eigenvalue weighted by molar-refractivity contribution is 7.99. The summed E-state index contributed by atoms with van der Waals surface area (Å²) in [6.07, 6.45) is 0.894. The van der Waals surface area contributed by atoms with Gasteiger partial charge in [0.1, 0.15) is 0 Å². The van der Waals surface area contributed by atoms with E-state index in [1.165, 1.54) is 16.7 Å². The molecule has 0 saturated carbocycles. The zero-order chi connectivity index (χ0) is 16.7. The third kappa shape index (κ3) is 5.43. The quantitative estimate of drug-likeness (QED) is 0.785. The van der Waals surface area contributed by atoms with Gasteiger partial charge in [0.2, 0.25) is 5.91 Å². The minimum absolute atomic E-state index is 0.0605. The Morgan fingerprint density at radius 3 is 2.35 bits per heavy atom. The second kappa shape index (κ2) is 8.78. The standard InChI is InChI=1S/C20H25NOS/c1-4-19(18-12-10-15(2)11-13-18)21-20(22)16(3)23-14-17-8-6-5-7-9-17/h5-13,16,19H,4,14H2,1-3H3,(H,21,22)/t16-,19+/m0/s1. The summed E-state index contributed by atoms with van der Waals surface area (Å²) in [4.78, 5) is 12.4. The third-order valence-corrected chi connectivity index (χ3v) is 5.13. The first-order valence-electron chi connectivity index (χ1n) is 8.12. The summed E-state index contributed by atoms with van der Waals surface area (Å²) in [7, 11) is 0. The van der Waals surface area contributed by atoms with Crippen molar-refractivity contribution >= 4 is 17.7 Å². The summed E-state index contributed by atoms with van der Waals surface area (Å²) >= 11 is 1.68. The highest BCUT2D eigenvalue weighted by Crippen LogP contribution is 2.21. The predicted octanol–water partition coefficient (Wildman–Crippen LogP) is 4.88. The number of hydrogen-bond donors (Lipinski definition) is 1. The molecule has 0 bridgehead atoms. The number of carbonyl (C=O) groups is 1. The van der Waals surface area contributed by atoms with Gasteiger partial charge >= 0.3 is 0 Å². The summed E-state index contributed by atoms with van der Waals surface area (Å²) in [6.45, 7) is 6.16. The molecule has 0 aliphatic carbocycles. The van der Waals surface area contributed by atoms with Crippen molar-refractivity contribution in [3.8, 4) is 0 Å². The molecule has 0 aliphatic rings. The number of amides is 1. The van der Waals surface area contributed by atoms with Crippen LogP contribution in [0.15, 0.2) is 54.6 Å². The Balaban J connectivity index is 1.89. The molecule has 2 aromatic carbocycles. The van der Waals surface area contributed by atoms with Gasteiger partial charge in [-0.3, -0.25) is 4.79 Å². The first-order chi connectivity index (χ1) is 11.1. The molecule has 122 valence electrons. The van der Waals surface area contributed by atoms with Crippen LogP contribution in [0.1, 0.15) is 43.0 Å². The van der Waals surface area contributed by atoms with Gasteiger partial charge in [-0.05, 0) is 31.4 Å². The van der Waals surface area contributed by atoms with Crippen LogP contribution in [-0.4, -0.2) is 11.2 Å². The minimum atomic E-state index is -0.0605. The molecule has 0 heterocycles. The molecule has 1 N–H and O–H groups in total. The van der Waals surface area contributed by atoms with Gasteiger partial charge in [-0.15, -0.1) is 11.8 Å². The summed E-state index contributed by atoms with van der Waals surface area (Å²) in [6, 6.07) is 18.8. The van der Waals surface area contributed by atoms with Crippen LogP contribution in [0.5, 0.6) is 0 Å². The van der Waals surface area contributed by atoms with Gasteiger partial charge < -0.3 is 5.32 Å². The van der Waals surface area contributed by atoms with Crippen LogP contribution in [0.4, 0.5) is 0 Å². The second-order valence-corrected chi connectivity index (χ2v) is 7.15. The molecule has 2 rings (SSSR count). The summed E-state index contributed by atoms with van der Waals surface area (Å²) in [5.41, 5.74) is 3.66. The van der Waals surface area contributed by atoms with E-state index in [0.29, 0.717) is 0 Å². The van der Waals surface area contributed by atoms with Crippen molar-refractivity contribution in [3.05, 3.63) is 71.3 Å². The van der Waals surface area contributed by atoms with Gasteiger partial charge in [-0.2, -0.15) is 0 Å². The SMILES string of the molecule is CC[C@@H](NC(=O)[C@H](C)SCc1ccccc1)c1ccc(C)cc1. The molecule has 2 nitrogen and oxygen atoms in total. The Hall–Kier alpha value is -1.74. The van der Waals surface area contributed by atoms with Gasteiger partial charge in [0.15, 0.2) is 0 Å². The number of carbonyl (C=O) groups excluding carboxylic acids is 1. The van der Waals surface area contributed by atoms with E-state index in [0.717, 1.165) is 12.2 Å². The zero-order valence-electron chi connectivity index (χ0n) is 14.1. The van der Waals surface area contributed by atoms with Crippen molar-refractivity contribution in [2.75, 3.05) is 0 Å². The monoisotopic (exact) mass is 327 g/mol. The summed E-state index contributed by atoms with van der Waals surface area (Å²) < 4.78 is 0. The van der Waals surface area contributed by atoms with Gasteiger partial charge in [-0.1, -0.05) is 67.1 Å². The van der Waals surface area contributed by atoms with Crippen LogP contribution in [0.25, 0.3) is 0 Å². The van der Waals surface area contributed by atoms with Crippen LogP contribution < -0.4 is 5.32 Å². The van der Waals surface area contributed by atoms with Crippen molar-refractivity contribution < 1.29 is 4.79 Å². The Kier molecular flexibility index (Phi) is 6.72. The molecule has 0 saturated heterocycles. The Labute approximate surface area is 143 Å². The maximum atomic E-state index is 12.4. The average molecular weight is 327 g/mol. The first kappa shape index (κ1) is 17.6. The van der Waals surface area contributed by atoms with Gasteiger partial charge in [0.05, 0.1) is 11.3 Å². The lowest BCUT2D eigenvalue weighted by molar-refractivity contribution is -0.121. The van der Waals surface area contributed by atoms with Crippen molar-refractivity contribution in [2.45, 2.75) is 44.2 Å². The number of benzene rings is 2. The van der Waals surface area contributed by atoms with Crippen LogP contribution >= 0.6 is 11.8 Å². The molecule has 0 spiro atoms. The minimum Gasteiger partial charge on any atom is -0.348 e. The zero-order valence-corrected chi connectivity index (χ0v) is 14.9. The van der Waals surface area contributed by atoms with Crippen LogP contribution in [0.2, 0.25) is 0 Å². The lowest BCUT2D eigenvalue weighted by atomic mass is 10.0. The molecule has 0 unspecified atom stereocenters. The molecule has 0 aromatic heterocycles. The number of nitrogens with one attached hydrogen (secondary N) is 1. The van der Waals surface area contributed by atoms with Gasteiger partial charge in [-0.25, -0.2) is 0 Å². The number of thioether (sulfide) groups is 1. The van der Waals surface area contributed by atoms with E-state index in [1.807, 2.05) is 25.1 Å². The fraction of sp³-hybridized carbons (Fsp3) is 0.350. The summed E-state index contributed by atoms with van der Waals surface area (Å²) in [5.74, 6) is 0.967. The number of hydrogen-bond acceptors (Lipinski definition) is 2. The van der Waals surface area contributed by atoms with Crippen molar-refractivity contribution in [1.82, 2.24) is 5.32 Å². The topological polar surface area (TPSA) is 29.1 Å². The van der Waals surface area contributed by atoms with Gasteiger partial charge in [0, 0.05) is 5.75 Å². The maximum absolute atomic E-state index is 12.4. The molecule has 2 aromatic rings. The normalized spacial score (nSPS) is 13.3. The molecule has 0 radical (unpaired) electrons. The van der Waals surface area contributed by atoms with Crippen molar-refractivity contribution in [3.63, 3.8) is 0 Å². The molecule has 3 heteroatoms. The van der Waals surface area contributed by atoms with E-state index < -0.39 is 0 Å². The van der Waals surface area contributed by atoms with Crippen LogP contribution in [0, 0.1) is 6.92 Å². The lowest BCUT2D eigenvalue weighted by Gasteiger charge is -2.20. The number of rotatable bonds is 7. The largest absolute Gasteiger partial charge is 0.348 e. The lowest BCUT2D eigenvalue weighted by Crippen LogP contribution is -2.34. The Morgan fingerprint density at radius 2 is 1.74 bits per heavy atom. The highest BCUT2D eigenvalue weighted by atomic mass is 32.2. The number of aryl methyl sites for hydroxylation is 1. The fourth-order valence-electron chi connectivity index (χ4n) is 2.38. The van der Waals surface area contributed by atoms with E-state index in [4.69, 9.17) is 0 Å². The molecule has 23 heavy (non-hydrogen) atoms. The van der Waals surface area contributed by atoms with Crippen molar-refractivity contribution in [2.24, 2.45) is 0 Å². The van der Waals surface area contributed by atoms with Crippen LogP contribution in [-0.2, 0) is 10.5 Å². The van der Waals surface area contributed by atoms with Crippen molar-refractivity contribution in [1.29, 1.82) is 0 Å². The summed E-state index contributed by atoms with van der Waals surface area (Å²) in [5, 5.41) is 3.12. The molecule has 2 atom stereocenters. The molecule has 1 amide bonds. The van der Waals surface area contributed by atoms with Gasteiger partial charge in [0.25, 0.3) is 0 Å².